The Morgan fingerprint density at radius 3 is 2.66 bits per heavy atom. The third-order valence-corrected chi connectivity index (χ3v) is 9.96. The van der Waals surface area contributed by atoms with Gasteiger partial charge in [-0.25, -0.2) is 22.2 Å². The van der Waals surface area contributed by atoms with E-state index in [0.717, 1.165) is 37.8 Å². The van der Waals surface area contributed by atoms with Gasteiger partial charge in [0, 0.05) is 44.4 Å². The summed E-state index contributed by atoms with van der Waals surface area (Å²) in [6.07, 6.45) is 5.16. The van der Waals surface area contributed by atoms with E-state index in [1.165, 1.54) is 16.1 Å². The van der Waals surface area contributed by atoms with Gasteiger partial charge in [0.2, 0.25) is 16.0 Å². The van der Waals surface area contributed by atoms with E-state index in [4.69, 9.17) is 0 Å². The number of sulfonamides is 1. The van der Waals surface area contributed by atoms with Crippen molar-refractivity contribution in [3.63, 3.8) is 0 Å². The van der Waals surface area contributed by atoms with Crippen molar-refractivity contribution < 1.29 is 17.2 Å². The highest BCUT2D eigenvalue weighted by molar-refractivity contribution is 7.88. The Labute approximate surface area is 220 Å². The van der Waals surface area contributed by atoms with Crippen LogP contribution in [0.2, 0.25) is 0 Å². The minimum Gasteiger partial charge on any atom is -0.326 e. The number of rotatable bonds is 6. The van der Waals surface area contributed by atoms with Crippen LogP contribution >= 0.6 is 0 Å². The fraction of sp³-hybridized carbons (Fsp3) is 0.481. The third-order valence-electron chi connectivity index (χ3n) is 8.66. The number of fused-ring (bicyclic) bond motifs is 2. The minimum atomic E-state index is -3.23. The number of hydrogen-bond donors (Lipinski definition) is 1. The van der Waals surface area contributed by atoms with Gasteiger partial charge in [-0.3, -0.25) is 4.90 Å². The number of aromatic nitrogens is 2. The maximum Gasteiger partial charge on any atom is 0.211 e. The Balaban J connectivity index is 1.25. The molecule has 200 valence electrons. The fourth-order valence-electron chi connectivity index (χ4n) is 6.45. The van der Waals surface area contributed by atoms with Crippen LogP contribution < -0.4 is 4.90 Å². The van der Waals surface area contributed by atoms with Crippen LogP contribution in [0.15, 0.2) is 36.4 Å². The Kier molecular flexibility index (Phi) is 6.17. The van der Waals surface area contributed by atoms with Crippen molar-refractivity contribution >= 4 is 27.0 Å². The van der Waals surface area contributed by atoms with E-state index in [0.29, 0.717) is 61.3 Å². The van der Waals surface area contributed by atoms with Crippen molar-refractivity contribution in [2.45, 2.75) is 37.1 Å². The molecule has 6 rings (SSSR count). The SMILES string of the molecule is CS(=O)(=O)N1CCN(CN(c2nc3cc(F)c(F)cc3[nH]2)[C@@H]2CC[C@]3(c4cccc(C#N)c4)C[C@@H]3C2)CC1. The van der Waals surface area contributed by atoms with E-state index >= 15 is 0 Å². The number of piperazine rings is 1. The van der Waals surface area contributed by atoms with Gasteiger partial charge in [-0.2, -0.15) is 9.57 Å². The number of anilines is 1. The summed E-state index contributed by atoms with van der Waals surface area (Å²) < 4.78 is 53.3. The number of H-pyrrole nitrogens is 1. The first-order valence-electron chi connectivity index (χ1n) is 13.0. The molecular formula is C27H30F2N6O2S. The molecule has 3 fully saturated rings. The lowest BCUT2D eigenvalue weighted by atomic mass is 9.80. The predicted molar refractivity (Wildman–Crippen MR) is 140 cm³/mol. The van der Waals surface area contributed by atoms with E-state index in [1.54, 1.807) is 0 Å². The van der Waals surface area contributed by atoms with Crippen LogP contribution in [0.4, 0.5) is 14.7 Å². The average molecular weight is 541 g/mol. The summed E-state index contributed by atoms with van der Waals surface area (Å²) in [6, 6.07) is 12.6. The molecule has 0 spiro atoms. The lowest BCUT2D eigenvalue weighted by molar-refractivity contribution is 0.179. The maximum atomic E-state index is 13.9. The molecule has 0 radical (unpaired) electrons. The van der Waals surface area contributed by atoms with E-state index in [9.17, 15) is 22.5 Å². The molecule has 3 aliphatic rings. The second-order valence-corrected chi connectivity index (χ2v) is 12.9. The van der Waals surface area contributed by atoms with Crippen LogP contribution in [-0.4, -0.2) is 72.7 Å². The lowest BCUT2D eigenvalue weighted by Crippen LogP contribution is -2.53. The van der Waals surface area contributed by atoms with Gasteiger partial charge < -0.3 is 9.88 Å². The highest BCUT2D eigenvalue weighted by atomic mass is 32.2. The van der Waals surface area contributed by atoms with Crippen LogP contribution in [0.5, 0.6) is 0 Å². The van der Waals surface area contributed by atoms with Crippen LogP contribution in [0.1, 0.15) is 36.8 Å². The molecule has 1 aliphatic heterocycles. The molecule has 3 atom stereocenters. The number of hydrogen-bond acceptors (Lipinski definition) is 6. The van der Waals surface area contributed by atoms with Crippen LogP contribution in [0, 0.1) is 28.9 Å². The maximum absolute atomic E-state index is 13.9. The number of nitriles is 1. The first kappa shape index (κ1) is 25.2. The zero-order valence-electron chi connectivity index (χ0n) is 21.2. The zero-order chi connectivity index (χ0) is 26.7. The number of nitrogens with one attached hydrogen (secondary N) is 1. The first-order chi connectivity index (χ1) is 18.2. The van der Waals surface area contributed by atoms with Crippen molar-refractivity contribution in [1.82, 2.24) is 19.2 Å². The molecule has 2 aromatic carbocycles. The molecule has 0 amide bonds. The molecule has 1 N–H and O–H groups in total. The first-order valence-corrected chi connectivity index (χ1v) is 14.8. The largest absolute Gasteiger partial charge is 0.326 e. The van der Waals surface area contributed by atoms with Crippen LogP contribution in [-0.2, 0) is 15.4 Å². The Hall–Kier alpha value is -3.07. The summed E-state index contributed by atoms with van der Waals surface area (Å²) in [7, 11) is -3.23. The van der Waals surface area contributed by atoms with Crippen molar-refractivity contribution in [3.8, 4) is 6.07 Å². The number of aromatic amines is 1. The Morgan fingerprint density at radius 1 is 1.18 bits per heavy atom. The van der Waals surface area contributed by atoms with Crippen molar-refractivity contribution in [3.05, 3.63) is 59.2 Å². The summed E-state index contributed by atoms with van der Waals surface area (Å²) >= 11 is 0. The Bertz CT molecular complexity index is 1490. The molecule has 2 heterocycles. The van der Waals surface area contributed by atoms with Gasteiger partial charge in [0.05, 0.1) is 35.6 Å². The minimum absolute atomic E-state index is 0.107. The number of benzene rings is 2. The smallest absolute Gasteiger partial charge is 0.211 e. The molecule has 2 saturated carbocycles. The topological polar surface area (TPSA) is 96.3 Å². The highest BCUT2D eigenvalue weighted by Crippen LogP contribution is 2.63. The van der Waals surface area contributed by atoms with Crippen molar-refractivity contribution in [2.24, 2.45) is 5.92 Å². The monoisotopic (exact) mass is 540 g/mol. The highest BCUT2D eigenvalue weighted by Gasteiger charge is 2.58. The van der Waals surface area contributed by atoms with Gasteiger partial charge in [0.1, 0.15) is 0 Å². The standard InChI is InChI=1S/C27H30F2N6O2S/c1-38(36,37)34-9-7-33(8-10-34)17-35(26-31-24-13-22(28)23(29)14-25(24)32-26)21-5-6-27(15-20(27)12-21)19-4-2-3-18(11-19)16-30/h2-4,11,13-14,20-21H,5-10,12,15,17H2,1H3,(H,31,32)/t20-,21+,27+/m0/s1. The average Bonchev–Trinajstić information content (AvgIpc) is 3.52. The van der Waals surface area contributed by atoms with E-state index in [1.807, 2.05) is 18.2 Å². The summed E-state index contributed by atoms with van der Waals surface area (Å²) in [5.74, 6) is -0.797. The van der Waals surface area contributed by atoms with Crippen molar-refractivity contribution in [2.75, 3.05) is 44.0 Å². The molecular weight excluding hydrogens is 510 g/mol. The van der Waals surface area contributed by atoms with Gasteiger partial charge in [-0.1, -0.05) is 12.1 Å². The third kappa shape index (κ3) is 4.55. The van der Waals surface area contributed by atoms with E-state index < -0.39 is 21.7 Å². The van der Waals surface area contributed by atoms with Gasteiger partial charge >= 0.3 is 0 Å². The molecule has 0 bridgehead atoms. The van der Waals surface area contributed by atoms with Gasteiger partial charge in [0.25, 0.3) is 0 Å². The Morgan fingerprint density at radius 2 is 1.95 bits per heavy atom. The molecule has 1 aromatic heterocycles. The van der Waals surface area contributed by atoms with Crippen molar-refractivity contribution in [1.29, 1.82) is 5.26 Å². The number of nitrogens with zero attached hydrogens (tertiary/aromatic N) is 5. The second kappa shape index (κ2) is 9.29. The second-order valence-electron chi connectivity index (χ2n) is 10.9. The number of halogens is 2. The summed E-state index contributed by atoms with van der Waals surface area (Å²) in [5, 5.41) is 9.35. The quantitative estimate of drug-likeness (QED) is 0.514. The summed E-state index contributed by atoms with van der Waals surface area (Å²) in [6.45, 7) is 2.57. The van der Waals surface area contributed by atoms with E-state index in [2.05, 4.69) is 31.9 Å². The van der Waals surface area contributed by atoms with Crippen LogP contribution in [0.3, 0.4) is 0 Å². The van der Waals surface area contributed by atoms with E-state index in [-0.39, 0.29) is 11.5 Å². The molecule has 8 nitrogen and oxygen atoms in total. The number of imidazole rings is 1. The lowest BCUT2D eigenvalue weighted by Gasteiger charge is -2.41. The molecule has 11 heteroatoms. The zero-order valence-corrected chi connectivity index (χ0v) is 22.0. The summed E-state index contributed by atoms with van der Waals surface area (Å²) in [4.78, 5) is 12.3. The predicted octanol–water partition coefficient (Wildman–Crippen LogP) is 3.56. The van der Waals surface area contributed by atoms with Gasteiger partial charge in [-0.15, -0.1) is 0 Å². The molecule has 38 heavy (non-hydrogen) atoms. The molecule has 2 aliphatic carbocycles. The van der Waals surface area contributed by atoms with Gasteiger partial charge in [-0.05, 0) is 54.7 Å². The summed E-state index contributed by atoms with van der Waals surface area (Å²) in [5.41, 5.74) is 2.83. The molecule has 0 unspecified atom stereocenters. The molecule has 1 saturated heterocycles. The fourth-order valence-corrected chi connectivity index (χ4v) is 7.27. The molecule has 3 aromatic rings. The normalized spacial score (nSPS) is 26.2. The van der Waals surface area contributed by atoms with Gasteiger partial charge in [0.15, 0.2) is 11.6 Å². The van der Waals surface area contributed by atoms with Crippen LogP contribution in [0.25, 0.3) is 11.0 Å².